The Hall–Kier alpha value is -3.56. The molecule has 1 unspecified atom stereocenters. The summed E-state index contributed by atoms with van der Waals surface area (Å²) in [5.41, 5.74) is 1.87. The van der Waals surface area contributed by atoms with Crippen LogP contribution in [0.3, 0.4) is 0 Å². The molecule has 0 fully saturated rings. The van der Waals surface area contributed by atoms with Crippen molar-refractivity contribution < 1.29 is 32.5 Å². The predicted octanol–water partition coefficient (Wildman–Crippen LogP) is 4.18. The standard InChI is InChI=1S/C26H29NO7S.C2H6/c1-4-6-20(5-2)35(30)34-26-21(17-28)19(8-10-23(26)31-3)16-25(29)27-12-11-18-7-9-22-24(15-18)33-14-13-32-22;1-2/h4-10,15,28H,1-2,11-14,16-17H2,3H3,(H,27,29);1-2H3/b20-6+;. The molecule has 9 heteroatoms. The van der Waals surface area contributed by atoms with Crippen LogP contribution in [0.1, 0.15) is 30.5 Å². The Morgan fingerprint density at radius 2 is 1.89 bits per heavy atom. The highest BCUT2D eigenvalue weighted by molar-refractivity contribution is 7.84. The molecule has 1 aliphatic rings. The third kappa shape index (κ3) is 8.23. The quantitative estimate of drug-likeness (QED) is 0.398. The lowest BCUT2D eigenvalue weighted by molar-refractivity contribution is -0.120. The summed E-state index contributed by atoms with van der Waals surface area (Å²) in [6.45, 7) is 12.2. The zero-order valence-corrected chi connectivity index (χ0v) is 22.4. The summed E-state index contributed by atoms with van der Waals surface area (Å²) in [5.74, 6) is 1.59. The molecule has 0 aromatic heterocycles. The van der Waals surface area contributed by atoms with Gasteiger partial charge in [0.25, 0.3) is 0 Å². The molecule has 3 rings (SSSR count). The average Bonchev–Trinajstić information content (AvgIpc) is 2.93. The molecule has 1 heterocycles. The number of carbonyl (C=O) groups is 1. The lowest BCUT2D eigenvalue weighted by atomic mass is 10.0. The van der Waals surface area contributed by atoms with Crippen LogP contribution in [0, 0.1) is 0 Å². The smallest absolute Gasteiger partial charge is 0.240 e. The molecule has 1 aliphatic heterocycles. The molecular formula is C28H35NO7S. The van der Waals surface area contributed by atoms with Crippen molar-refractivity contribution in [3.05, 3.63) is 83.3 Å². The van der Waals surface area contributed by atoms with Crippen molar-refractivity contribution in [2.75, 3.05) is 26.9 Å². The molecular weight excluding hydrogens is 494 g/mol. The molecule has 2 aromatic carbocycles. The van der Waals surface area contributed by atoms with Crippen molar-refractivity contribution in [2.24, 2.45) is 0 Å². The molecule has 1 atom stereocenters. The topological polar surface area (TPSA) is 103 Å². The van der Waals surface area contributed by atoms with Gasteiger partial charge in [0.15, 0.2) is 23.0 Å². The maximum atomic E-state index is 12.6. The average molecular weight is 530 g/mol. The van der Waals surface area contributed by atoms with E-state index in [0.29, 0.717) is 48.0 Å². The number of ether oxygens (including phenoxy) is 3. The van der Waals surface area contributed by atoms with E-state index < -0.39 is 17.7 Å². The van der Waals surface area contributed by atoms with Crippen LogP contribution in [0.15, 0.2) is 66.6 Å². The highest BCUT2D eigenvalue weighted by Gasteiger charge is 2.20. The van der Waals surface area contributed by atoms with Crippen LogP contribution in [0.2, 0.25) is 0 Å². The number of fused-ring (bicyclic) bond motifs is 1. The van der Waals surface area contributed by atoms with Crippen molar-refractivity contribution in [2.45, 2.75) is 33.3 Å². The van der Waals surface area contributed by atoms with E-state index in [2.05, 4.69) is 18.5 Å². The second-order valence-corrected chi connectivity index (χ2v) is 8.58. The Labute approximate surface area is 221 Å². The number of benzene rings is 2. The Morgan fingerprint density at radius 3 is 2.54 bits per heavy atom. The number of amides is 1. The zero-order chi connectivity index (χ0) is 27.2. The van der Waals surface area contributed by atoms with Crippen LogP contribution < -0.4 is 23.7 Å². The van der Waals surface area contributed by atoms with E-state index in [0.717, 1.165) is 11.3 Å². The molecule has 0 bridgehead atoms. The molecule has 200 valence electrons. The van der Waals surface area contributed by atoms with Crippen molar-refractivity contribution >= 4 is 17.0 Å². The van der Waals surface area contributed by atoms with Crippen molar-refractivity contribution in [3.8, 4) is 23.0 Å². The van der Waals surface area contributed by atoms with Crippen molar-refractivity contribution in [3.63, 3.8) is 0 Å². The summed E-state index contributed by atoms with van der Waals surface area (Å²) in [4.78, 5) is 12.9. The summed E-state index contributed by atoms with van der Waals surface area (Å²) < 4.78 is 34.7. The Balaban J connectivity index is 0.00000235. The fraction of sp³-hybridized carbons (Fsp3) is 0.321. The first kappa shape index (κ1) is 29.7. The minimum atomic E-state index is -1.92. The summed E-state index contributed by atoms with van der Waals surface area (Å²) >= 11 is -1.92. The van der Waals surface area contributed by atoms with E-state index in [9.17, 15) is 14.1 Å². The number of methoxy groups -OCH3 is 1. The van der Waals surface area contributed by atoms with Gasteiger partial charge in [-0.3, -0.25) is 4.79 Å². The molecule has 0 radical (unpaired) electrons. The zero-order valence-electron chi connectivity index (χ0n) is 21.6. The normalized spacial score (nSPS) is 12.9. The maximum Gasteiger partial charge on any atom is 0.240 e. The fourth-order valence-corrected chi connectivity index (χ4v) is 4.27. The van der Waals surface area contributed by atoms with Crippen LogP contribution in [-0.4, -0.2) is 42.1 Å². The molecule has 37 heavy (non-hydrogen) atoms. The fourth-order valence-electron chi connectivity index (χ4n) is 3.49. The number of allylic oxidation sites excluding steroid dienone is 3. The predicted molar refractivity (Wildman–Crippen MR) is 145 cm³/mol. The van der Waals surface area contributed by atoms with E-state index in [1.54, 1.807) is 12.1 Å². The van der Waals surface area contributed by atoms with Crippen LogP contribution in [0.25, 0.3) is 0 Å². The molecule has 0 saturated carbocycles. The van der Waals surface area contributed by atoms with Crippen molar-refractivity contribution in [1.82, 2.24) is 5.32 Å². The monoisotopic (exact) mass is 529 g/mol. The SMILES string of the molecule is C=C/C=C(\C=C)S(=O)Oc1c(OC)ccc(CC(=O)NCCc2ccc3c(c2)OCCO3)c1CO.CC. The molecule has 2 N–H and O–H groups in total. The van der Waals surface area contributed by atoms with E-state index in [1.807, 2.05) is 32.0 Å². The van der Waals surface area contributed by atoms with Gasteiger partial charge in [0.1, 0.15) is 13.2 Å². The highest BCUT2D eigenvalue weighted by Crippen LogP contribution is 2.35. The van der Waals surface area contributed by atoms with Gasteiger partial charge in [-0.05, 0) is 47.9 Å². The van der Waals surface area contributed by atoms with E-state index in [4.69, 9.17) is 18.4 Å². The molecule has 8 nitrogen and oxygen atoms in total. The van der Waals surface area contributed by atoms with Gasteiger partial charge in [-0.15, -0.1) is 0 Å². The Kier molecular flexibility index (Phi) is 12.5. The van der Waals surface area contributed by atoms with Gasteiger partial charge < -0.3 is 28.8 Å². The largest absolute Gasteiger partial charge is 0.493 e. The number of rotatable bonds is 12. The number of aliphatic hydroxyl groups is 1. The van der Waals surface area contributed by atoms with Crippen LogP contribution in [0.4, 0.5) is 0 Å². The second kappa shape index (κ2) is 15.5. The third-order valence-electron chi connectivity index (χ3n) is 5.23. The minimum Gasteiger partial charge on any atom is -0.493 e. The van der Waals surface area contributed by atoms with E-state index in [-0.39, 0.29) is 23.8 Å². The van der Waals surface area contributed by atoms with Crippen molar-refractivity contribution in [1.29, 1.82) is 0 Å². The van der Waals surface area contributed by atoms with E-state index >= 15 is 0 Å². The Bertz CT molecular complexity index is 1140. The number of carbonyl (C=O) groups excluding carboxylic acids is 1. The van der Waals surface area contributed by atoms with Gasteiger partial charge in [0.2, 0.25) is 17.0 Å². The molecule has 0 spiro atoms. The third-order valence-corrected chi connectivity index (χ3v) is 6.23. The van der Waals surface area contributed by atoms with Gasteiger partial charge in [0, 0.05) is 12.1 Å². The molecule has 2 aromatic rings. The first-order valence-corrected chi connectivity index (χ1v) is 13.1. The van der Waals surface area contributed by atoms with E-state index in [1.165, 1.54) is 25.3 Å². The highest BCUT2D eigenvalue weighted by atomic mass is 32.2. The number of hydrogen-bond donors (Lipinski definition) is 2. The van der Waals surface area contributed by atoms with Crippen LogP contribution >= 0.6 is 0 Å². The minimum absolute atomic E-state index is 0.000827. The van der Waals surface area contributed by atoms with Gasteiger partial charge in [-0.2, -0.15) is 0 Å². The summed E-state index contributed by atoms with van der Waals surface area (Å²) in [6.07, 6.45) is 4.98. The second-order valence-electron chi connectivity index (χ2n) is 7.47. The summed E-state index contributed by atoms with van der Waals surface area (Å²) in [6, 6.07) is 9.00. The Morgan fingerprint density at radius 1 is 1.16 bits per heavy atom. The van der Waals surface area contributed by atoms with Crippen LogP contribution in [0.5, 0.6) is 23.0 Å². The molecule has 0 saturated heterocycles. The lowest BCUT2D eigenvalue weighted by Gasteiger charge is -2.19. The van der Waals surface area contributed by atoms with Gasteiger partial charge in [-0.1, -0.05) is 45.2 Å². The van der Waals surface area contributed by atoms with Crippen LogP contribution in [-0.2, 0) is 35.3 Å². The first-order chi connectivity index (χ1) is 18.0. The number of hydrogen-bond acceptors (Lipinski definition) is 7. The number of aliphatic hydroxyl groups excluding tert-OH is 1. The van der Waals surface area contributed by atoms with Gasteiger partial charge in [0.05, 0.1) is 25.0 Å². The first-order valence-electron chi connectivity index (χ1n) is 12.0. The molecule has 0 aliphatic carbocycles. The maximum absolute atomic E-state index is 12.6. The summed E-state index contributed by atoms with van der Waals surface area (Å²) in [5, 5.41) is 12.9. The van der Waals surface area contributed by atoms with Gasteiger partial charge >= 0.3 is 0 Å². The number of nitrogens with one attached hydrogen (secondary N) is 1. The molecule has 1 amide bonds. The summed E-state index contributed by atoms with van der Waals surface area (Å²) in [7, 11) is 1.44. The van der Waals surface area contributed by atoms with Gasteiger partial charge in [-0.25, -0.2) is 4.21 Å². The lowest BCUT2D eigenvalue weighted by Crippen LogP contribution is -2.27.